The van der Waals surface area contributed by atoms with Gasteiger partial charge in [-0.15, -0.1) is 5.10 Å². The van der Waals surface area contributed by atoms with Crippen molar-refractivity contribution in [2.45, 2.75) is 43.0 Å². The first-order valence-corrected chi connectivity index (χ1v) is 10.8. The van der Waals surface area contributed by atoms with Crippen molar-refractivity contribution < 1.29 is 13.2 Å². The minimum Gasteiger partial charge on any atom is -0.325 e. The lowest BCUT2D eigenvalue weighted by molar-refractivity contribution is -0.115. The Hall–Kier alpha value is -1.98. The van der Waals surface area contributed by atoms with E-state index in [-0.39, 0.29) is 10.8 Å². The van der Waals surface area contributed by atoms with Gasteiger partial charge in [0.2, 0.25) is 21.1 Å². The van der Waals surface area contributed by atoms with Crippen LogP contribution in [0.1, 0.15) is 26.3 Å². The summed E-state index contributed by atoms with van der Waals surface area (Å²) in [5.74, 6) is -0.266. The Kier molecular flexibility index (Phi) is 6.95. The molecule has 11 heteroatoms. The van der Waals surface area contributed by atoms with Gasteiger partial charge in [-0.1, -0.05) is 31.7 Å². The van der Waals surface area contributed by atoms with Gasteiger partial charge < -0.3 is 5.32 Å². The van der Waals surface area contributed by atoms with Crippen LogP contribution in [0, 0.1) is 6.92 Å². The van der Waals surface area contributed by atoms with Gasteiger partial charge in [0.1, 0.15) is 0 Å². The number of sulfonamides is 1. The van der Waals surface area contributed by atoms with Gasteiger partial charge in [0.15, 0.2) is 0 Å². The van der Waals surface area contributed by atoms with E-state index >= 15 is 0 Å². The molecule has 0 aliphatic heterocycles. The number of carbonyl (C=O) groups is 1. The molecule has 9 nitrogen and oxygen atoms in total. The van der Waals surface area contributed by atoms with Gasteiger partial charge in [-0.3, -0.25) is 4.79 Å². The predicted octanol–water partition coefficient (Wildman–Crippen LogP) is 1.67. The summed E-state index contributed by atoms with van der Waals surface area (Å²) in [5.41, 5.74) is 1.06. The van der Waals surface area contributed by atoms with E-state index in [9.17, 15) is 13.2 Å². The number of nitrogens with zero attached hydrogens (tertiary/aromatic N) is 5. The molecule has 0 saturated heterocycles. The summed E-state index contributed by atoms with van der Waals surface area (Å²) in [7, 11) is -1.92. The minimum absolute atomic E-state index is 0.196. The molecule has 1 aromatic heterocycles. The van der Waals surface area contributed by atoms with Crippen LogP contribution in [0.25, 0.3) is 0 Å². The van der Waals surface area contributed by atoms with Crippen LogP contribution in [-0.4, -0.2) is 57.2 Å². The number of amides is 1. The van der Waals surface area contributed by atoms with Crippen LogP contribution in [0.2, 0.25) is 0 Å². The minimum atomic E-state index is -3.61. The number of aromatic nitrogens is 4. The SMILES string of the molecule is CCN(CC)S(=O)(=O)c1cc(NC(=O)C(C)Sc2nnnn2C)ccc1C. The molecule has 0 fully saturated rings. The van der Waals surface area contributed by atoms with Crippen LogP contribution in [0.5, 0.6) is 0 Å². The number of tetrazole rings is 1. The molecule has 0 spiro atoms. The highest BCUT2D eigenvalue weighted by atomic mass is 32.2. The maximum atomic E-state index is 12.8. The first-order chi connectivity index (χ1) is 12.7. The number of benzene rings is 1. The molecule has 0 bridgehead atoms. The zero-order valence-corrected chi connectivity index (χ0v) is 17.6. The number of nitrogens with one attached hydrogen (secondary N) is 1. The van der Waals surface area contributed by atoms with E-state index in [1.54, 1.807) is 46.9 Å². The molecule has 0 saturated carbocycles. The number of thioether (sulfide) groups is 1. The number of carbonyl (C=O) groups excluding carboxylic acids is 1. The summed E-state index contributed by atoms with van der Waals surface area (Å²) in [6, 6.07) is 4.88. The second-order valence-corrected chi connectivity index (χ2v) is 9.12. The van der Waals surface area contributed by atoms with Crippen molar-refractivity contribution in [1.29, 1.82) is 0 Å². The van der Waals surface area contributed by atoms with Crippen molar-refractivity contribution in [1.82, 2.24) is 24.5 Å². The third kappa shape index (κ3) is 4.85. The molecule has 1 N–H and O–H groups in total. The van der Waals surface area contributed by atoms with Gasteiger partial charge in [0, 0.05) is 25.8 Å². The van der Waals surface area contributed by atoms with Crippen LogP contribution >= 0.6 is 11.8 Å². The summed E-state index contributed by atoms with van der Waals surface area (Å²) in [4.78, 5) is 12.7. The van der Waals surface area contributed by atoms with Crippen molar-refractivity contribution in [2.75, 3.05) is 18.4 Å². The quantitative estimate of drug-likeness (QED) is 0.657. The summed E-state index contributed by atoms with van der Waals surface area (Å²) < 4.78 is 28.5. The van der Waals surface area contributed by atoms with E-state index in [1.807, 2.05) is 0 Å². The van der Waals surface area contributed by atoms with Crippen LogP contribution in [0.3, 0.4) is 0 Å². The topological polar surface area (TPSA) is 110 Å². The third-order valence-corrected chi connectivity index (χ3v) is 7.33. The number of anilines is 1. The van der Waals surface area contributed by atoms with Crippen molar-refractivity contribution >= 4 is 33.4 Å². The Morgan fingerprint density at radius 3 is 2.56 bits per heavy atom. The maximum Gasteiger partial charge on any atom is 0.243 e. The molecular weight excluding hydrogens is 388 g/mol. The van der Waals surface area contributed by atoms with Gasteiger partial charge in [0.05, 0.1) is 10.1 Å². The molecule has 1 heterocycles. The second kappa shape index (κ2) is 8.81. The molecule has 1 atom stereocenters. The highest BCUT2D eigenvalue weighted by Crippen LogP contribution is 2.25. The average molecular weight is 413 g/mol. The lowest BCUT2D eigenvalue weighted by atomic mass is 10.2. The molecular formula is C16H24N6O3S2. The number of hydrogen-bond acceptors (Lipinski definition) is 7. The van der Waals surface area contributed by atoms with E-state index in [4.69, 9.17) is 0 Å². The van der Waals surface area contributed by atoms with Crippen LogP contribution in [0.4, 0.5) is 5.69 Å². The Bertz CT molecular complexity index is 909. The van der Waals surface area contributed by atoms with Crippen molar-refractivity contribution in [3.05, 3.63) is 23.8 Å². The summed E-state index contributed by atoms with van der Waals surface area (Å²) >= 11 is 1.22. The Morgan fingerprint density at radius 2 is 2.00 bits per heavy atom. The van der Waals surface area contributed by atoms with E-state index in [0.29, 0.717) is 29.5 Å². The summed E-state index contributed by atoms with van der Waals surface area (Å²) in [6.07, 6.45) is 0. The molecule has 27 heavy (non-hydrogen) atoms. The van der Waals surface area contributed by atoms with E-state index in [0.717, 1.165) is 0 Å². The van der Waals surface area contributed by atoms with Gasteiger partial charge in [-0.2, -0.15) is 4.31 Å². The van der Waals surface area contributed by atoms with Gasteiger partial charge in [-0.25, -0.2) is 13.1 Å². The van der Waals surface area contributed by atoms with Crippen LogP contribution in [-0.2, 0) is 21.9 Å². The van der Waals surface area contributed by atoms with Crippen molar-refractivity contribution in [3.63, 3.8) is 0 Å². The molecule has 1 amide bonds. The number of aryl methyl sites for hydroxylation is 2. The average Bonchev–Trinajstić information content (AvgIpc) is 3.02. The lowest BCUT2D eigenvalue weighted by Crippen LogP contribution is -2.31. The molecule has 1 unspecified atom stereocenters. The fourth-order valence-electron chi connectivity index (χ4n) is 2.43. The molecule has 1 aromatic carbocycles. The Balaban J connectivity index is 2.20. The molecule has 0 aliphatic rings. The fraction of sp³-hybridized carbons (Fsp3) is 0.500. The molecule has 0 aliphatic carbocycles. The second-order valence-electron chi connectivity index (χ2n) is 5.90. The van der Waals surface area contributed by atoms with E-state index < -0.39 is 15.3 Å². The lowest BCUT2D eigenvalue weighted by Gasteiger charge is -2.20. The van der Waals surface area contributed by atoms with Gasteiger partial charge in [-0.05, 0) is 42.0 Å². The highest BCUT2D eigenvalue weighted by molar-refractivity contribution is 8.00. The largest absolute Gasteiger partial charge is 0.325 e. The molecule has 2 rings (SSSR count). The van der Waals surface area contributed by atoms with Crippen molar-refractivity contribution in [2.24, 2.45) is 7.05 Å². The number of hydrogen-bond donors (Lipinski definition) is 1. The highest BCUT2D eigenvalue weighted by Gasteiger charge is 2.24. The zero-order valence-electron chi connectivity index (χ0n) is 16.0. The Labute approximate surface area is 163 Å². The van der Waals surface area contributed by atoms with Gasteiger partial charge >= 0.3 is 0 Å². The first-order valence-electron chi connectivity index (χ1n) is 8.51. The number of rotatable bonds is 8. The van der Waals surface area contributed by atoms with Crippen LogP contribution < -0.4 is 5.32 Å². The normalized spacial score (nSPS) is 13.0. The summed E-state index contributed by atoms with van der Waals surface area (Å²) in [5, 5.41) is 13.9. The molecule has 0 radical (unpaired) electrons. The van der Waals surface area contributed by atoms with Crippen molar-refractivity contribution in [3.8, 4) is 0 Å². The standard InChI is InChI=1S/C16H24N6O3S2/c1-6-22(7-2)27(24,25)14-10-13(9-8-11(14)3)17-15(23)12(4)26-16-18-19-20-21(16)5/h8-10,12H,6-7H2,1-5H3,(H,17,23). The molecule has 148 valence electrons. The smallest absolute Gasteiger partial charge is 0.243 e. The fourth-order valence-corrected chi connectivity index (χ4v) is 4.90. The predicted molar refractivity (Wildman–Crippen MR) is 104 cm³/mol. The van der Waals surface area contributed by atoms with E-state index in [2.05, 4.69) is 20.8 Å². The maximum absolute atomic E-state index is 12.8. The first kappa shape index (κ1) is 21.3. The zero-order chi connectivity index (χ0) is 20.2. The van der Waals surface area contributed by atoms with Gasteiger partial charge in [0.25, 0.3) is 0 Å². The molecule has 2 aromatic rings. The van der Waals surface area contributed by atoms with Crippen LogP contribution in [0.15, 0.2) is 28.3 Å². The third-order valence-electron chi connectivity index (χ3n) is 4.01. The summed E-state index contributed by atoms with van der Waals surface area (Å²) in [6.45, 7) is 7.82. The Morgan fingerprint density at radius 1 is 1.33 bits per heavy atom. The van der Waals surface area contributed by atoms with E-state index in [1.165, 1.54) is 26.8 Å². The monoisotopic (exact) mass is 412 g/mol.